The van der Waals surface area contributed by atoms with E-state index in [2.05, 4.69) is 5.32 Å². The van der Waals surface area contributed by atoms with E-state index in [4.69, 9.17) is 10.8 Å². The van der Waals surface area contributed by atoms with E-state index in [-0.39, 0.29) is 12.0 Å². The molecule has 7 heteroatoms. The molecule has 0 aliphatic carbocycles. The van der Waals surface area contributed by atoms with Crippen molar-refractivity contribution in [2.75, 3.05) is 6.54 Å². The maximum Gasteiger partial charge on any atom is 0.323 e. The highest BCUT2D eigenvalue weighted by atomic mass is 16.4. The van der Waals surface area contributed by atoms with E-state index in [1.54, 1.807) is 27.7 Å². The molecule has 0 heterocycles. The second kappa shape index (κ2) is 6.83. The average Bonchev–Trinajstić information content (AvgIpc) is 2.20. The van der Waals surface area contributed by atoms with Gasteiger partial charge in [-0.15, -0.1) is 0 Å². The molecule has 0 saturated carbocycles. The van der Waals surface area contributed by atoms with Crippen molar-refractivity contribution in [1.82, 2.24) is 10.2 Å². The number of amides is 3. The predicted octanol–water partition coefficient (Wildman–Crippen LogP) is 0.000900. The number of hydrogen-bond acceptors (Lipinski definition) is 3. The molecule has 1 atom stereocenters. The Morgan fingerprint density at radius 1 is 1.22 bits per heavy atom. The molecule has 104 valence electrons. The number of carboxylic acids is 1. The maximum absolute atomic E-state index is 11.9. The Labute approximate surface area is 106 Å². The molecule has 0 spiro atoms. The van der Waals surface area contributed by atoms with Crippen molar-refractivity contribution in [3.8, 4) is 0 Å². The Morgan fingerprint density at radius 3 is 2.00 bits per heavy atom. The van der Waals surface area contributed by atoms with Crippen LogP contribution >= 0.6 is 0 Å². The topological polar surface area (TPSA) is 113 Å². The van der Waals surface area contributed by atoms with Gasteiger partial charge in [0.25, 0.3) is 0 Å². The minimum absolute atomic E-state index is 0.162. The summed E-state index contributed by atoms with van der Waals surface area (Å²) in [5, 5.41) is 11.2. The first-order chi connectivity index (χ1) is 8.16. The largest absolute Gasteiger partial charge is 0.480 e. The number of nitrogens with two attached hydrogens (primary N) is 1. The van der Waals surface area contributed by atoms with E-state index in [9.17, 15) is 14.4 Å². The second-order valence-electron chi connectivity index (χ2n) is 4.69. The molecule has 0 aromatic carbocycles. The smallest absolute Gasteiger partial charge is 0.323 e. The monoisotopic (exact) mass is 259 g/mol. The molecule has 0 saturated heterocycles. The van der Waals surface area contributed by atoms with E-state index >= 15 is 0 Å². The fraction of sp³-hybridized carbons (Fsp3) is 0.727. The van der Waals surface area contributed by atoms with Crippen LogP contribution in [0.1, 0.15) is 27.7 Å². The molecular formula is C11H21N3O4. The van der Waals surface area contributed by atoms with E-state index in [1.165, 1.54) is 0 Å². The lowest BCUT2D eigenvalue weighted by molar-refractivity contribution is -0.138. The Bertz CT molecular complexity index is 328. The van der Waals surface area contributed by atoms with Crippen LogP contribution in [-0.4, -0.2) is 46.5 Å². The van der Waals surface area contributed by atoms with Gasteiger partial charge in [-0.05, 0) is 19.8 Å². The normalized spacial score (nSPS) is 12.3. The zero-order valence-corrected chi connectivity index (χ0v) is 11.1. The molecule has 0 aromatic rings. The molecule has 7 nitrogen and oxygen atoms in total. The quantitative estimate of drug-likeness (QED) is 0.623. The van der Waals surface area contributed by atoms with Crippen LogP contribution in [0.2, 0.25) is 0 Å². The average molecular weight is 259 g/mol. The molecule has 1 unspecified atom stereocenters. The lowest BCUT2D eigenvalue weighted by atomic mass is 10.0. The van der Waals surface area contributed by atoms with Crippen LogP contribution in [0.5, 0.6) is 0 Å². The van der Waals surface area contributed by atoms with Gasteiger partial charge in [-0.3, -0.25) is 9.59 Å². The first-order valence-corrected chi connectivity index (χ1v) is 5.75. The van der Waals surface area contributed by atoms with Crippen LogP contribution in [0, 0.1) is 5.92 Å². The Balaban J connectivity index is 4.77. The minimum Gasteiger partial charge on any atom is -0.480 e. The SMILES string of the molecule is CC(C)C(NC(=O)N(CC(=O)O)C(C)C)C(N)=O. The molecule has 4 N–H and O–H groups in total. The number of nitrogens with one attached hydrogen (secondary N) is 1. The lowest BCUT2D eigenvalue weighted by Crippen LogP contribution is -2.54. The zero-order chi connectivity index (χ0) is 14.5. The fourth-order valence-corrected chi connectivity index (χ4v) is 1.42. The number of hydrogen-bond donors (Lipinski definition) is 3. The molecule has 0 aliphatic rings. The van der Waals surface area contributed by atoms with Gasteiger partial charge in [-0.1, -0.05) is 13.8 Å². The fourth-order valence-electron chi connectivity index (χ4n) is 1.42. The summed E-state index contributed by atoms with van der Waals surface area (Å²) in [6.07, 6.45) is 0. The molecule has 0 aliphatic heterocycles. The van der Waals surface area contributed by atoms with Crippen molar-refractivity contribution in [1.29, 1.82) is 0 Å². The first-order valence-electron chi connectivity index (χ1n) is 5.75. The minimum atomic E-state index is -1.11. The van der Waals surface area contributed by atoms with Gasteiger partial charge in [0, 0.05) is 6.04 Å². The summed E-state index contributed by atoms with van der Waals surface area (Å²) in [7, 11) is 0. The highest BCUT2D eigenvalue weighted by Gasteiger charge is 2.26. The number of aliphatic carboxylic acids is 1. The van der Waals surface area contributed by atoms with Crippen molar-refractivity contribution < 1.29 is 19.5 Å². The van der Waals surface area contributed by atoms with Gasteiger partial charge >= 0.3 is 12.0 Å². The molecule has 0 bridgehead atoms. The highest BCUT2D eigenvalue weighted by Crippen LogP contribution is 2.04. The van der Waals surface area contributed by atoms with E-state index in [0.717, 1.165) is 4.90 Å². The van der Waals surface area contributed by atoms with Gasteiger partial charge in [-0.25, -0.2) is 4.79 Å². The van der Waals surface area contributed by atoms with Gasteiger partial charge in [0.1, 0.15) is 12.6 Å². The number of carbonyl (C=O) groups is 3. The molecule has 0 fully saturated rings. The molecular weight excluding hydrogens is 238 g/mol. The van der Waals surface area contributed by atoms with Crippen molar-refractivity contribution in [2.45, 2.75) is 39.8 Å². The summed E-state index contributed by atoms with van der Waals surface area (Å²) in [5.41, 5.74) is 5.17. The predicted molar refractivity (Wildman–Crippen MR) is 65.8 cm³/mol. The third kappa shape index (κ3) is 5.03. The zero-order valence-electron chi connectivity index (χ0n) is 11.1. The molecule has 3 amide bonds. The number of nitrogens with zero attached hydrogens (tertiary/aromatic N) is 1. The van der Waals surface area contributed by atoms with E-state index in [0.29, 0.717) is 0 Å². The summed E-state index contributed by atoms with van der Waals surface area (Å²) in [4.78, 5) is 34.8. The van der Waals surface area contributed by atoms with E-state index < -0.39 is 30.5 Å². The van der Waals surface area contributed by atoms with Crippen molar-refractivity contribution in [2.24, 2.45) is 11.7 Å². The van der Waals surface area contributed by atoms with Crippen molar-refractivity contribution in [3.05, 3.63) is 0 Å². The summed E-state index contributed by atoms with van der Waals surface area (Å²) >= 11 is 0. The number of rotatable bonds is 6. The van der Waals surface area contributed by atoms with Crippen molar-refractivity contribution >= 4 is 17.9 Å². The van der Waals surface area contributed by atoms with Crippen LogP contribution in [0.25, 0.3) is 0 Å². The van der Waals surface area contributed by atoms with Crippen LogP contribution in [-0.2, 0) is 9.59 Å². The lowest BCUT2D eigenvalue weighted by Gasteiger charge is -2.28. The van der Waals surface area contributed by atoms with Crippen LogP contribution in [0.4, 0.5) is 4.79 Å². The van der Waals surface area contributed by atoms with Crippen LogP contribution < -0.4 is 11.1 Å². The molecule has 0 aromatic heterocycles. The van der Waals surface area contributed by atoms with Gasteiger partial charge in [0.2, 0.25) is 5.91 Å². The van der Waals surface area contributed by atoms with E-state index in [1.807, 2.05) is 0 Å². The third-order valence-electron chi connectivity index (χ3n) is 2.44. The van der Waals surface area contributed by atoms with Gasteiger partial charge in [0.15, 0.2) is 0 Å². The van der Waals surface area contributed by atoms with Crippen LogP contribution in [0.3, 0.4) is 0 Å². The van der Waals surface area contributed by atoms with Gasteiger partial charge < -0.3 is 21.1 Å². The number of urea groups is 1. The number of carbonyl (C=O) groups excluding carboxylic acids is 2. The number of primary amides is 1. The first kappa shape index (κ1) is 16.2. The summed E-state index contributed by atoms with van der Waals surface area (Å²) in [6.45, 7) is 6.45. The molecule has 0 rings (SSSR count). The highest BCUT2D eigenvalue weighted by molar-refractivity contribution is 5.87. The second-order valence-corrected chi connectivity index (χ2v) is 4.69. The van der Waals surface area contributed by atoms with Crippen LogP contribution in [0.15, 0.2) is 0 Å². The Hall–Kier alpha value is -1.79. The summed E-state index contributed by atoms with van der Waals surface area (Å²) in [5.74, 6) is -1.92. The maximum atomic E-state index is 11.9. The third-order valence-corrected chi connectivity index (χ3v) is 2.44. The molecule has 18 heavy (non-hydrogen) atoms. The Kier molecular flexibility index (Phi) is 6.15. The van der Waals surface area contributed by atoms with Gasteiger partial charge in [0.05, 0.1) is 0 Å². The number of carboxylic acid groups (broad SMARTS) is 1. The van der Waals surface area contributed by atoms with Gasteiger partial charge in [-0.2, -0.15) is 0 Å². The standard InChI is InChI=1S/C11H21N3O4/c1-6(2)9(10(12)17)13-11(18)14(7(3)4)5-8(15)16/h6-7,9H,5H2,1-4H3,(H2,12,17)(H,13,18)(H,15,16). The van der Waals surface area contributed by atoms with Crippen molar-refractivity contribution in [3.63, 3.8) is 0 Å². The Morgan fingerprint density at radius 2 is 1.72 bits per heavy atom. The molecule has 0 radical (unpaired) electrons. The summed E-state index contributed by atoms with van der Waals surface area (Å²) < 4.78 is 0. The summed E-state index contributed by atoms with van der Waals surface area (Å²) in [6, 6.07) is -1.71.